The van der Waals surface area contributed by atoms with E-state index in [1.54, 1.807) is 6.92 Å². The lowest BCUT2D eigenvalue weighted by Gasteiger charge is -2.24. The van der Waals surface area contributed by atoms with Crippen LogP contribution < -0.4 is 32.7 Å². The Morgan fingerprint density at radius 3 is 2.08 bits per heavy atom. The summed E-state index contributed by atoms with van der Waals surface area (Å²) in [6.07, 6.45) is 0.296. The fourth-order valence-electron chi connectivity index (χ4n) is 3.40. The molecule has 4 amide bonds. The Balaban J connectivity index is 2.75. The second-order valence-corrected chi connectivity index (χ2v) is 8.76. The molecule has 0 unspecified atom stereocenters. The third-order valence-corrected chi connectivity index (χ3v) is 5.51. The molecule has 0 aliphatic heterocycles. The summed E-state index contributed by atoms with van der Waals surface area (Å²) in [5.74, 6) is -4.48. The molecule has 0 fully saturated rings. The number of carbonyl (C=O) groups is 5. The first kappa shape index (κ1) is 30.9. The van der Waals surface area contributed by atoms with Crippen LogP contribution in [-0.2, 0) is 30.4 Å². The van der Waals surface area contributed by atoms with Crippen molar-refractivity contribution in [2.24, 2.45) is 17.4 Å². The summed E-state index contributed by atoms with van der Waals surface area (Å²) in [6.45, 7) is 3.45. The number of hydrogen-bond acceptors (Lipinski definition) is 6. The molecule has 10 N–H and O–H groups in total. The van der Waals surface area contributed by atoms with Gasteiger partial charge in [0.1, 0.15) is 18.1 Å². The van der Waals surface area contributed by atoms with Gasteiger partial charge < -0.3 is 37.8 Å². The van der Waals surface area contributed by atoms with Crippen molar-refractivity contribution in [3.63, 3.8) is 0 Å². The van der Waals surface area contributed by atoms with E-state index in [0.717, 1.165) is 5.56 Å². The van der Waals surface area contributed by atoms with Gasteiger partial charge >= 0.3 is 5.97 Å². The van der Waals surface area contributed by atoms with Gasteiger partial charge in [0.15, 0.2) is 5.96 Å². The fraction of sp³-hybridized carbons (Fsp3) is 0.500. The lowest BCUT2D eigenvalue weighted by atomic mass is 10.00. The standard InChI is InChI=1S/C24H37N7O6/c1-14(13-16-7-4-3-5-8-16)21(35)29-15(2)22(36)31-18(10-11-19(32)33)23(37)30-17(20(25)34)9-6-12-28-24(26)27/h3-5,7-8,14-15,17-18H,6,9-13H2,1-2H3,(H2,25,34)(H,29,35)(H,30,37)(H,31,36)(H,32,33)(H4,26,27,28)/t14-,15-,17-,18-/m0/s1. The Hall–Kier alpha value is -4.16. The van der Waals surface area contributed by atoms with E-state index < -0.39 is 54.2 Å². The molecule has 0 saturated carbocycles. The van der Waals surface area contributed by atoms with Crippen LogP contribution in [0.15, 0.2) is 30.3 Å². The van der Waals surface area contributed by atoms with Crippen LogP contribution in [0.1, 0.15) is 45.1 Å². The SMILES string of the molecule is C[C@H](NC(=O)[C@@H](C)Cc1ccccc1)C(=O)N[C@@H](CCC(=O)O)C(=O)N[C@@H](CCCNC(=N)N)C(N)=O. The Bertz CT molecular complexity index is 956. The maximum Gasteiger partial charge on any atom is 0.303 e. The van der Waals surface area contributed by atoms with E-state index in [4.69, 9.17) is 22.0 Å². The molecule has 13 nitrogen and oxygen atoms in total. The van der Waals surface area contributed by atoms with E-state index in [2.05, 4.69) is 21.3 Å². The fourth-order valence-corrected chi connectivity index (χ4v) is 3.40. The number of aliphatic carboxylic acids is 1. The predicted octanol–water partition coefficient (Wildman–Crippen LogP) is -1.05. The summed E-state index contributed by atoms with van der Waals surface area (Å²) in [5.41, 5.74) is 11.5. The average molecular weight is 520 g/mol. The molecule has 1 aromatic rings. The highest BCUT2D eigenvalue weighted by atomic mass is 16.4. The minimum absolute atomic E-state index is 0.132. The van der Waals surface area contributed by atoms with Crippen LogP contribution in [0.3, 0.4) is 0 Å². The van der Waals surface area contributed by atoms with Gasteiger partial charge in [0.25, 0.3) is 0 Å². The molecule has 1 rings (SSSR count). The number of rotatable bonds is 16. The molecule has 0 aromatic heterocycles. The Morgan fingerprint density at radius 1 is 0.892 bits per heavy atom. The van der Waals surface area contributed by atoms with Crippen LogP contribution in [-0.4, -0.2) is 65.3 Å². The van der Waals surface area contributed by atoms with Gasteiger partial charge in [-0.05, 0) is 38.2 Å². The lowest BCUT2D eigenvalue weighted by molar-refractivity contribution is -0.138. The topological polar surface area (TPSA) is 230 Å². The molecule has 204 valence electrons. The van der Waals surface area contributed by atoms with Gasteiger partial charge in [0, 0.05) is 18.9 Å². The molecule has 0 radical (unpaired) electrons. The number of hydrogen-bond donors (Lipinski definition) is 8. The summed E-state index contributed by atoms with van der Waals surface area (Å²) in [6, 6.07) is 6.03. The first-order chi connectivity index (χ1) is 17.4. The summed E-state index contributed by atoms with van der Waals surface area (Å²) in [4.78, 5) is 61.0. The molecule has 4 atom stereocenters. The number of amides is 4. The number of carbonyl (C=O) groups excluding carboxylic acids is 4. The highest BCUT2D eigenvalue weighted by Gasteiger charge is 2.28. The van der Waals surface area contributed by atoms with Crippen molar-refractivity contribution < 1.29 is 29.1 Å². The molecule has 37 heavy (non-hydrogen) atoms. The largest absolute Gasteiger partial charge is 0.481 e. The van der Waals surface area contributed by atoms with E-state index >= 15 is 0 Å². The van der Waals surface area contributed by atoms with Gasteiger partial charge in [0.05, 0.1) is 0 Å². The van der Waals surface area contributed by atoms with Gasteiger partial charge in [-0.3, -0.25) is 29.4 Å². The quantitative estimate of drug-likeness (QED) is 0.0761. The number of carboxylic acids is 1. The van der Waals surface area contributed by atoms with E-state index in [1.807, 2.05) is 30.3 Å². The Kier molecular flexibility index (Phi) is 13.1. The molecule has 0 saturated heterocycles. The van der Waals surface area contributed by atoms with Crippen LogP contribution in [0, 0.1) is 11.3 Å². The van der Waals surface area contributed by atoms with Crippen molar-refractivity contribution >= 4 is 35.6 Å². The molecule has 0 bridgehead atoms. The van der Waals surface area contributed by atoms with Crippen molar-refractivity contribution in [3.8, 4) is 0 Å². The smallest absolute Gasteiger partial charge is 0.303 e. The first-order valence-electron chi connectivity index (χ1n) is 11.9. The van der Waals surface area contributed by atoms with Crippen molar-refractivity contribution in [2.45, 2.75) is 64.1 Å². The van der Waals surface area contributed by atoms with Crippen LogP contribution in [0.2, 0.25) is 0 Å². The monoisotopic (exact) mass is 519 g/mol. The van der Waals surface area contributed by atoms with Gasteiger partial charge in [-0.25, -0.2) is 0 Å². The highest BCUT2D eigenvalue weighted by molar-refractivity contribution is 5.94. The van der Waals surface area contributed by atoms with Crippen molar-refractivity contribution in [1.29, 1.82) is 5.41 Å². The number of primary amides is 1. The maximum atomic E-state index is 12.8. The molecule has 1 aromatic carbocycles. The van der Waals surface area contributed by atoms with Gasteiger partial charge in [-0.2, -0.15) is 0 Å². The maximum absolute atomic E-state index is 12.8. The van der Waals surface area contributed by atoms with E-state index in [1.165, 1.54) is 6.92 Å². The Morgan fingerprint density at radius 2 is 1.51 bits per heavy atom. The number of guanidine groups is 1. The molecular weight excluding hydrogens is 482 g/mol. The minimum Gasteiger partial charge on any atom is -0.481 e. The van der Waals surface area contributed by atoms with Crippen molar-refractivity contribution in [2.75, 3.05) is 6.54 Å². The van der Waals surface area contributed by atoms with E-state index in [9.17, 15) is 24.0 Å². The zero-order valence-corrected chi connectivity index (χ0v) is 21.1. The van der Waals surface area contributed by atoms with Crippen molar-refractivity contribution in [1.82, 2.24) is 21.3 Å². The summed E-state index contributed by atoms with van der Waals surface area (Å²) in [5, 5.41) is 26.2. The molecule has 13 heteroatoms. The third-order valence-electron chi connectivity index (χ3n) is 5.51. The van der Waals surface area contributed by atoms with Crippen LogP contribution >= 0.6 is 0 Å². The predicted molar refractivity (Wildman–Crippen MR) is 136 cm³/mol. The lowest BCUT2D eigenvalue weighted by Crippen LogP contribution is -2.56. The molecule has 0 aliphatic carbocycles. The molecule has 0 spiro atoms. The average Bonchev–Trinajstić information content (AvgIpc) is 2.83. The number of nitrogens with two attached hydrogens (primary N) is 2. The summed E-state index contributed by atoms with van der Waals surface area (Å²) >= 11 is 0. The molecule has 0 heterocycles. The second kappa shape index (κ2) is 15.8. The minimum atomic E-state index is -1.28. The normalized spacial score (nSPS) is 13.8. The third kappa shape index (κ3) is 12.4. The van der Waals surface area contributed by atoms with E-state index in [-0.39, 0.29) is 31.3 Å². The molecule has 0 aliphatic rings. The Labute approximate surface area is 215 Å². The summed E-state index contributed by atoms with van der Waals surface area (Å²) in [7, 11) is 0. The van der Waals surface area contributed by atoms with Crippen LogP contribution in [0.4, 0.5) is 0 Å². The summed E-state index contributed by atoms with van der Waals surface area (Å²) < 4.78 is 0. The number of benzene rings is 1. The van der Waals surface area contributed by atoms with Gasteiger partial charge in [-0.1, -0.05) is 37.3 Å². The van der Waals surface area contributed by atoms with Crippen LogP contribution in [0.5, 0.6) is 0 Å². The zero-order chi connectivity index (χ0) is 28.0. The highest BCUT2D eigenvalue weighted by Crippen LogP contribution is 2.09. The second-order valence-electron chi connectivity index (χ2n) is 8.76. The number of nitrogens with one attached hydrogen (secondary N) is 5. The van der Waals surface area contributed by atoms with Gasteiger partial charge in [0.2, 0.25) is 23.6 Å². The first-order valence-corrected chi connectivity index (χ1v) is 11.9. The number of carboxylic acid groups (broad SMARTS) is 1. The van der Waals surface area contributed by atoms with Gasteiger partial charge in [-0.15, -0.1) is 0 Å². The molecular formula is C24H37N7O6. The van der Waals surface area contributed by atoms with Crippen LogP contribution in [0.25, 0.3) is 0 Å². The van der Waals surface area contributed by atoms with E-state index in [0.29, 0.717) is 12.8 Å². The zero-order valence-electron chi connectivity index (χ0n) is 21.1. The van der Waals surface area contributed by atoms with Crippen molar-refractivity contribution in [3.05, 3.63) is 35.9 Å².